The molecule has 0 aliphatic heterocycles. The first-order valence-corrected chi connectivity index (χ1v) is 6.44. The van der Waals surface area contributed by atoms with Gasteiger partial charge < -0.3 is 5.11 Å². The predicted octanol–water partition coefficient (Wildman–Crippen LogP) is 3.48. The first-order chi connectivity index (χ1) is 7.49. The van der Waals surface area contributed by atoms with Crippen molar-refractivity contribution in [2.24, 2.45) is 0 Å². The molecule has 0 saturated heterocycles. The summed E-state index contributed by atoms with van der Waals surface area (Å²) in [5.74, 6) is -0.237. The maximum Gasteiger partial charge on any atom is 0.304 e. The number of carboxylic acids is 1. The van der Waals surface area contributed by atoms with Crippen LogP contribution in [-0.4, -0.2) is 21.3 Å². The smallest absolute Gasteiger partial charge is 0.304 e. The van der Waals surface area contributed by atoms with Crippen molar-refractivity contribution in [3.05, 3.63) is 28.0 Å². The molecule has 88 valence electrons. The van der Waals surface area contributed by atoms with E-state index in [2.05, 4.69) is 4.98 Å². The topological polar surface area (TPSA) is 50.2 Å². The molecule has 0 aliphatic carbocycles. The first-order valence-electron chi connectivity index (χ1n) is 4.63. The van der Waals surface area contributed by atoms with Crippen molar-refractivity contribution in [2.75, 3.05) is 0 Å². The first kappa shape index (κ1) is 13.6. The normalized spacial score (nSPS) is 12.4. The molecule has 1 heterocycles. The zero-order valence-corrected chi connectivity index (χ0v) is 10.9. The van der Waals surface area contributed by atoms with Crippen LogP contribution in [0.3, 0.4) is 0 Å². The largest absolute Gasteiger partial charge is 0.481 e. The van der Waals surface area contributed by atoms with E-state index in [-0.39, 0.29) is 11.7 Å². The number of aliphatic carboxylic acids is 1. The SMILES string of the molecule is CC(CC(=O)O)SCc1nc(Cl)ccc1Cl. The van der Waals surface area contributed by atoms with Crippen LogP contribution in [0, 0.1) is 0 Å². The second kappa shape index (κ2) is 6.33. The van der Waals surface area contributed by atoms with E-state index in [1.54, 1.807) is 12.1 Å². The minimum absolute atomic E-state index is 0.0225. The van der Waals surface area contributed by atoms with E-state index in [9.17, 15) is 4.79 Å². The summed E-state index contributed by atoms with van der Waals surface area (Å²) in [5, 5.41) is 9.58. The lowest BCUT2D eigenvalue weighted by Crippen LogP contribution is -2.06. The van der Waals surface area contributed by atoms with Crippen LogP contribution in [0.2, 0.25) is 10.2 Å². The highest BCUT2D eigenvalue weighted by Gasteiger charge is 2.10. The van der Waals surface area contributed by atoms with Crippen molar-refractivity contribution in [3.63, 3.8) is 0 Å². The van der Waals surface area contributed by atoms with E-state index in [0.29, 0.717) is 21.6 Å². The zero-order valence-electron chi connectivity index (χ0n) is 8.61. The van der Waals surface area contributed by atoms with Crippen molar-refractivity contribution in [2.45, 2.75) is 24.3 Å². The van der Waals surface area contributed by atoms with Gasteiger partial charge in [-0.05, 0) is 12.1 Å². The average molecular weight is 280 g/mol. The molecule has 0 amide bonds. The molecular formula is C10H11Cl2NO2S. The Morgan fingerprint density at radius 1 is 1.56 bits per heavy atom. The molecule has 0 fully saturated rings. The Kier molecular flexibility index (Phi) is 5.38. The number of halogens is 2. The monoisotopic (exact) mass is 279 g/mol. The average Bonchev–Trinajstić information content (AvgIpc) is 2.18. The fourth-order valence-electron chi connectivity index (χ4n) is 1.08. The maximum absolute atomic E-state index is 10.5. The molecule has 1 aromatic rings. The second-order valence-corrected chi connectivity index (χ2v) is 5.50. The lowest BCUT2D eigenvalue weighted by atomic mass is 10.3. The van der Waals surface area contributed by atoms with Gasteiger partial charge in [-0.3, -0.25) is 4.79 Å². The summed E-state index contributed by atoms with van der Waals surface area (Å²) in [5.41, 5.74) is 0.691. The molecular weight excluding hydrogens is 269 g/mol. The highest BCUT2D eigenvalue weighted by Crippen LogP contribution is 2.24. The van der Waals surface area contributed by atoms with Gasteiger partial charge in [-0.2, -0.15) is 11.8 Å². The molecule has 0 spiro atoms. The number of carboxylic acid groups (broad SMARTS) is 1. The molecule has 0 radical (unpaired) electrons. The lowest BCUT2D eigenvalue weighted by Gasteiger charge is -2.08. The van der Waals surface area contributed by atoms with E-state index in [1.165, 1.54) is 11.8 Å². The van der Waals surface area contributed by atoms with Crippen molar-refractivity contribution in [1.29, 1.82) is 0 Å². The second-order valence-electron chi connectivity index (χ2n) is 3.28. The Hall–Kier alpha value is -0.450. The number of nitrogens with zero attached hydrogens (tertiary/aromatic N) is 1. The van der Waals surface area contributed by atoms with E-state index in [0.717, 1.165) is 0 Å². The molecule has 16 heavy (non-hydrogen) atoms. The molecule has 0 aliphatic rings. The molecule has 6 heteroatoms. The van der Waals surface area contributed by atoms with Gasteiger partial charge in [0.2, 0.25) is 0 Å². The summed E-state index contributed by atoms with van der Waals surface area (Å²) >= 11 is 13.2. The third kappa shape index (κ3) is 4.60. The van der Waals surface area contributed by atoms with Crippen molar-refractivity contribution >= 4 is 40.9 Å². The van der Waals surface area contributed by atoms with Crippen molar-refractivity contribution in [1.82, 2.24) is 4.98 Å². The fraction of sp³-hybridized carbons (Fsp3) is 0.400. The predicted molar refractivity (Wildman–Crippen MR) is 67.3 cm³/mol. The Balaban J connectivity index is 2.54. The van der Waals surface area contributed by atoms with Gasteiger partial charge in [-0.15, -0.1) is 0 Å². The van der Waals surface area contributed by atoms with Crippen LogP contribution >= 0.6 is 35.0 Å². The van der Waals surface area contributed by atoms with E-state index >= 15 is 0 Å². The molecule has 1 unspecified atom stereocenters. The number of hydrogen-bond acceptors (Lipinski definition) is 3. The van der Waals surface area contributed by atoms with Gasteiger partial charge in [0.15, 0.2) is 0 Å². The van der Waals surface area contributed by atoms with Crippen LogP contribution in [0.25, 0.3) is 0 Å². The summed E-state index contributed by atoms with van der Waals surface area (Å²) in [7, 11) is 0. The number of hydrogen-bond donors (Lipinski definition) is 1. The van der Waals surface area contributed by atoms with Gasteiger partial charge in [-0.1, -0.05) is 30.1 Å². The highest BCUT2D eigenvalue weighted by atomic mass is 35.5. The molecule has 1 rings (SSSR count). The zero-order chi connectivity index (χ0) is 12.1. The van der Waals surface area contributed by atoms with Gasteiger partial charge in [0, 0.05) is 11.0 Å². The van der Waals surface area contributed by atoms with Crippen molar-refractivity contribution < 1.29 is 9.90 Å². The minimum atomic E-state index is -0.801. The van der Waals surface area contributed by atoms with E-state index < -0.39 is 5.97 Å². The summed E-state index contributed by atoms with van der Waals surface area (Å²) in [6.07, 6.45) is 0.128. The summed E-state index contributed by atoms with van der Waals surface area (Å²) in [4.78, 5) is 14.6. The third-order valence-corrected chi connectivity index (χ3v) is 3.58. The number of rotatable bonds is 5. The summed E-state index contributed by atoms with van der Waals surface area (Å²) in [6.45, 7) is 1.86. The maximum atomic E-state index is 10.5. The van der Waals surface area contributed by atoms with Gasteiger partial charge in [-0.25, -0.2) is 4.98 Å². The summed E-state index contributed by atoms with van der Waals surface area (Å²) in [6, 6.07) is 3.31. The molecule has 1 atom stereocenters. The van der Waals surface area contributed by atoms with Gasteiger partial charge in [0.25, 0.3) is 0 Å². The quantitative estimate of drug-likeness (QED) is 0.839. The van der Waals surface area contributed by atoms with Gasteiger partial charge in [0.1, 0.15) is 5.15 Å². The number of pyridine rings is 1. The minimum Gasteiger partial charge on any atom is -0.481 e. The number of carbonyl (C=O) groups is 1. The molecule has 1 N–H and O–H groups in total. The Morgan fingerprint density at radius 2 is 2.25 bits per heavy atom. The van der Waals surface area contributed by atoms with Crippen molar-refractivity contribution in [3.8, 4) is 0 Å². The summed E-state index contributed by atoms with van der Waals surface area (Å²) < 4.78 is 0. The number of thioether (sulfide) groups is 1. The van der Waals surface area contributed by atoms with E-state index in [1.807, 2.05) is 6.92 Å². The van der Waals surface area contributed by atoms with Crippen LogP contribution in [0.15, 0.2) is 12.1 Å². The van der Waals surface area contributed by atoms with Crippen LogP contribution in [0.4, 0.5) is 0 Å². The van der Waals surface area contributed by atoms with Crippen LogP contribution < -0.4 is 0 Å². The Morgan fingerprint density at radius 3 is 2.88 bits per heavy atom. The molecule has 3 nitrogen and oxygen atoms in total. The van der Waals surface area contributed by atoms with Gasteiger partial charge in [0.05, 0.1) is 17.1 Å². The Bertz CT molecular complexity index is 387. The molecule has 0 bridgehead atoms. The third-order valence-electron chi connectivity index (χ3n) is 1.85. The highest BCUT2D eigenvalue weighted by molar-refractivity contribution is 7.99. The lowest BCUT2D eigenvalue weighted by molar-refractivity contribution is -0.136. The van der Waals surface area contributed by atoms with E-state index in [4.69, 9.17) is 28.3 Å². The van der Waals surface area contributed by atoms with Crippen LogP contribution in [-0.2, 0) is 10.5 Å². The van der Waals surface area contributed by atoms with Crippen LogP contribution in [0.5, 0.6) is 0 Å². The standard InChI is InChI=1S/C10H11Cl2NO2S/c1-6(4-10(14)15)16-5-8-7(11)2-3-9(12)13-8/h2-3,6H,4-5H2,1H3,(H,14,15). The molecule has 0 saturated carbocycles. The molecule has 1 aromatic heterocycles. The number of aromatic nitrogens is 1. The van der Waals surface area contributed by atoms with Crippen LogP contribution in [0.1, 0.15) is 19.0 Å². The molecule has 0 aromatic carbocycles. The fourth-order valence-corrected chi connectivity index (χ4v) is 2.42. The Labute approximate surface area is 108 Å². The van der Waals surface area contributed by atoms with Gasteiger partial charge >= 0.3 is 5.97 Å².